The normalized spacial score (nSPS) is 10.3. The van der Waals surface area contributed by atoms with Crippen molar-refractivity contribution in [1.29, 1.82) is 0 Å². The summed E-state index contributed by atoms with van der Waals surface area (Å²) in [6.07, 6.45) is 0. The summed E-state index contributed by atoms with van der Waals surface area (Å²) < 4.78 is 21.4. The number of esters is 4. The first-order valence-electron chi connectivity index (χ1n) is 10.9. The van der Waals surface area contributed by atoms with Crippen LogP contribution in [0.1, 0.15) is 34.6 Å². The van der Waals surface area contributed by atoms with Gasteiger partial charge in [0.2, 0.25) is 0 Å². The summed E-state index contributed by atoms with van der Waals surface area (Å²) in [6, 6.07) is 9.13. The van der Waals surface area contributed by atoms with Gasteiger partial charge in [0.25, 0.3) is 0 Å². The van der Waals surface area contributed by atoms with Gasteiger partial charge in [0.15, 0.2) is 23.0 Å². The van der Waals surface area contributed by atoms with Crippen LogP contribution in [0.25, 0.3) is 11.1 Å². The lowest BCUT2D eigenvalue weighted by molar-refractivity contribution is -0.138. The summed E-state index contributed by atoms with van der Waals surface area (Å²) in [5.41, 5.74) is 1.53. The Labute approximate surface area is 209 Å². The van der Waals surface area contributed by atoms with E-state index in [0.29, 0.717) is 11.1 Å². The second-order valence-electron chi connectivity index (χ2n) is 8.41. The quantitative estimate of drug-likeness (QED) is 0.262. The van der Waals surface area contributed by atoms with E-state index in [9.17, 15) is 19.2 Å². The van der Waals surface area contributed by atoms with Crippen molar-refractivity contribution < 1.29 is 38.1 Å². The average Bonchev–Trinajstić information content (AvgIpc) is 2.80. The monoisotopic (exact) mass is 492 g/mol. The first-order valence-corrected chi connectivity index (χ1v) is 10.9. The summed E-state index contributed by atoms with van der Waals surface area (Å²) in [5, 5.41) is 0. The van der Waals surface area contributed by atoms with Gasteiger partial charge in [0.05, 0.1) is 5.92 Å². The summed E-state index contributed by atoms with van der Waals surface area (Å²) in [4.78, 5) is 48.5. The molecule has 0 spiro atoms. The maximum Gasteiger partial charge on any atom is 0.338 e. The van der Waals surface area contributed by atoms with E-state index < -0.39 is 29.8 Å². The molecule has 0 heterocycles. The third kappa shape index (κ3) is 7.27. The maximum absolute atomic E-state index is 12.3. The van der Waals surface area contributed by atoms with E-state index in [1.807, 2.05) is 0 Å². The molecule has 2 aromatic carbocycles. The Balaban J connectivity index is 2.57. The molecule has 0 aliphatic carbocycles. The second-order valence-corrected chi connectivity index (χ2v) is 8.41. The largest absolute Gasteiger partial charge is 0.422 e. The van der Waals surface area contributed by atoms with Crippen LogP contribution < -0.4 is 18.9 Å². The first kappa shape index (κ1) is 27.8. The van der Waals surface area contributed by atoms with Crippen molar-refractivity contribution in [1.82, 2.24) is 0 Å². The van der Waals surface area contributed by atoms with Crippen molar-refractivity contribution in [2.75, 3.05) is 0 Å². The van der Waals surface area contributed by atoms with Gasteiger partial charge in [-0.3, -0.25) is 4.79 Å². The number of rotatable bonds is 9. The van der Waals surface area contributed by atoms with Crippen LogP contribution in [0.15, 0.2) is 72.9 Å². The number of benzene rings is 2. The van der Waals surface area contributed by atoms with Crippen molar-refractivity contribution in [3.05, 3.63) is 72.9 Å². The predicted octanol–water partition coefficient (Wildman–Crippen LogP) is 5.36. The van der Waals surface area contributed by atoms with E-state index in [0.717, 1.165) is 0 Å². The van der Waals surface area contributed by atoms with Crippen LogP contribution in [0.3, 0.4) is 0 Å². The van der Waals surface area contributed by atoms with Gasteiger partial charge in [0.1, 0.15) is 0 Å². The van der Waals surface area contributed by atoms with Crippen LogP contribution in [0.5, 0.6) is 23.0 Å². The van der Waals surface area contributed by atoms with Crippen LogP contribution in [-0.2, 0) is 19.2 Å². The highest BCUT2D eigenvalue weighted by Gasteiger charge is 2.20. The molecule has 0 amide bonds. The molecule has 0 N–H and O–H groups in total. The second kappa shape index (κ2) is 11.8. The lowest BCUT2D eigenvalue weighted by atomic mass is 10.0. The molecule has 2 aromatic rings. The standard InChI is InChI=1S/C28H28O8/c1-15(2)25(29)33-21-11-9-19(13-23(21)35-27(31)17(5)6)20-10-12-22(34-26(30)16(3)4)24(14-20)36-28(32)18(7)8/h9-14,18H,1,3,5H2,2,4,6-8H3. The van der Waals surface area contributed by atoms with Gasteiger partial charge in [-0.1, -0.05) is 45.7 Å². The molecule has 36 heavy (non-hydrogen) atoms. The average molecular weight is 493 g/mol. The minimum absolute atomic E-state index is 0.000169. The molecule has 8 heteroatoms. The fraction of sp³-hybridized carbons (Fsp3) is 0.214. The molecule has 0 atom stereocenters. The highest BCUT2D eigenvalue weighted by atomic mass is 16.6. The molecule has 0 aliphatic heterocycles. The fourth-order valence-electron chi connectivity index (χ4n) is 2.49. The minimum Gasteiger partial charge on any atom is -0.422 e. The molecular formula is C28H28O8. The summed E-state index contributed by atoms with van der Waals surface area (Å²) >= 11 is 0. The van der Waals surface area contributed by atoms with Crippen LogP contribution in [0, 0.1) is 5.92 Å². The molecule has 0 saturated carbocycles. The van der Waals surface area contributed by atoms with E-state index in [4.69, 9.17) is 18.9 Å². The first-order chi connectivity index (χ1) is 16.8. The third-order valence-electron chi connectivity index (χ3n) is 4.56. The Bertz CT molecular complexity index is 1270. The fourth-order valence-corrected chi connectivity index (χ4v) is 2.49. The van der Waals surface area contributed by atoms with Crippen molar-refractivity contribution in [2.45, 2.75) is 34.6 Å². The number of hydrogen-bond acceptors (Lipinski definition) is 8. The molecule has 2 rings (SSSR count). The van der Waals surface area contributed by atoms with Crippen molar-refractivity contribution in [3.8, 4) is 34.1 Å². The summed E-state index contributed by atoms with van der Waals surface area (Å²) in [6.45, 7) is 18.4. The Kier molecular flexibility index (Phi) is 9.10. The van der Waals surface area contributed by atoms with E-state index in [1.165, 1.54) is 45.0 Å². The van der Waals surface area contributed by atoms with E-state index in [1.54, 1.807) is 26.0 Å². The molecule has 0 fully saturated rings. The zero-order chi connectivity index (χ0) is 27.2. The highest BCUT2D eigenvalue weighted by Crippen LogP contribution is 2.38. The molecule has 0 radical (unpaired) electrons. The van der Waals surface area contributed by atoms with Gasteiger partial charge < -0.3 is 18.9 Å². The lowest BCUT2D eigenvalue weighted by Gasteiger charge is -2.15. The SMILES string of the molecule is C=C(C)C(=O)Oc1ccc(-c2ccc(OC(=O)C(=C)C)c(OC(=O)C(C)C)c2)cc1OC(=O)C(=C)C. The number of ether oxygens (including phenoxy) is 4. The van der Waals surface area contributed by atoms with Gasteiger partial charge in [-0.2, -0.15) is 0 Å². The van der Waals surface area contributed by atoms with Gasteiger partial charge in [0, 0.05) is 16.7 Å². The Morgan fingerprint density at radius 3 is 1.25 bits per heavy atom. The van der Waals surface area contributed by atoms with Crippen molar-refractivity contribution in [3.63, 3.8) is 0 Å². The molecular weight excluding hydrogens is 464 g/mol. The molecule has 8 nitrogen and oxygen atoms in total. The molecule has 0 aliphatic rings. The van der Waals surface area contributed by atoms with Crippen LogP contribution in [-0.4, -0.2) is 23.9 Å². The number of carbonyl (C=O) groups is 4. The van der Waals surface area contributed by atoms with E-state index in [2.05, 4.69) is 19.7 Å². The van der Waals surface area contributed by atoms with Gasteiger partial charge >= 0.3 is 23.9 Å². The maximum atomic E-state index is 12.3. The number of carbonyl (C=O) groups excluding carboxylic acids is 4. The van der Waals surface area contributed by atoms with Gasteiger partial charge in [-0.15, -0.1) is 0 Å². The third-order valence-corrected chi connectivity index (χ3v) is 4.56. The summed E-state index contributed by atoms with van der Waals surface area (Å²) in [7, 11) is 0. The highest BCUT2D eigenvalue weighted by molar-refractivity contribution is 5.92. The molecule has 0 aromatic heterocycles. The van der Waals surface area contributed by atoms with Gasteiger partial charge in [-0.05, 0) is 56.2 Å². The zero-order valence-electron chi connectivity index (χ0n) is 20.9. The molecule has 0 saturated heterocycles. The van der Waals surface area contributed by atoms with Crippen molar-refractivity contribution >= 4 is 23.9 Å². The zero-order valence-corrected chi connectivity index (χ0v) is 20.9. The Hall–Kier alpha value is -4.46. The van der Waals surface area contributed by atoms with E-state index >= 15 is 0 Å². The Morgan fingerprint density at radius 2 is 0.917 bits per heavy atom. The summed E-state index contributed by atoms with van der Waals surface area (Å²) in [5.74, 6) is -3.04. The van der Waals surface area contributed by atoms with Crippen LogP contribution in [0.2, 0.25) is 0 Å². The van der Waals surface area contributed by atoms with Gasteiger partial charge in [-0.25, -0.2) is 14.4 Å². The lowest BCUT2D eigenvalue weighted by Crippen LogP contribution is -2.16. The van der Waals surface area contributed by atoms with Crippen LogP contribution >= 0.6 is 0 Å². The minimum atomic E-state index is -0.714. The molecule has 0 unspecified atom stereocenters. The van der Waals surface area contributed by atoms with E-state index in [-0.39, 0.29) is 39.7 Å². The smallest absolute Gasteiger partial charge is 0.338 e. The van der Waals surface area contributed by atoms with Crippen LogP contribution in [0.4, 0.5) is 0 Å². The van der Waals surface area contributed by atoms with Crippen molar-refractivity contribution in [2.24, 2.45) is 5.92 Å². The molecule has 0 bridgehead atoms. The Morgan fingerprint density at radius 1 is 0.583 bits per heavy atom. The predicted molar refractivity (Wildman–Crippen MR) is 134 cm³/mol. The molecule has 188 valence electrons. The topological polar surface area (TPSA) is 105 Å². The number of hydrogen-bond donors (Lipinski definition) is 0.